The molecule has 0 bridgehead atoms. The van der Waals surface area contributed by atoms with Crippen LogP contribution in [0.2, 0.25) is 0 Å². The third-order valence-electron chi connectivity index (χ3n) is 3.99. The first kappa shape index (κ1) is 13.6. The fraction of sp³-hybridized carbons (Fsp3) is 0.625. The molecular formula is C16H26N2. The van der Waals surface area contributed by atoms with Gasteiger partial charge in [-0.2, -0.15) is 0 Å². The number of benzene rings is 1. The number of piperazine rings is 1. The second-order valence-electron chi connectivity index (χ2n) is 6.48. The highest BCUT2D eigenvalue weighted by atomic mass is 15.2. The maximum Gasteiger partial charge on any atom is 0.0273 e. The summed E-state index contributed by atoms with van der Waals surface area (Å²) in [5.74, 6) is 0. The normalized spacial score (nSPS) is 22.1. The molecule has 1 aromatic rings. The summed E-state index contributed by atoms with van der Waals surface area (Å²) in [7, 11) is 0. The van der Waals surface area contributed by atoms with E-state index >= 15 is 0 Å². The SMILES string of the molecule is Cc1ccccc1CN1CCNCC1C(C)(C)C. The summed E-state index contributed by atoms with van der Waals surface area (Å²) in [6, 6.07) is 9.36. The summed E-state index contributed by atoms with van der Waals surface area (Å²) in [5.41, 5.74) is 3.20. The van der Waals surface area contributed by atoms with E-state index < -0.39 is 0 Å². The third kappa shape index (κ3) is 3.12. The number of rotatable bonds is 2. The van der Waals surface area contributed by atoms with Gasteiger partial charge in [-0.1, -0.05) is 45.0 Å². The Labute approximate surface area is 111 Å². The van der Waals surface area contributed by atoms with Crippen molar-refractivity contribution in [3.8, 4) is 0 Å². The largest absolute Gasteiger partial charge is 0.314 e. The summed E-state index contributed by atoms with van der Waals surface area (Å²) in [5, 5.41) is 3.53. The van der Waals surface area contributed by atoms with Gasteiger partial charge < -0.3 is 5.32 Å². The molecule has 1 aliphatic heterocycles. The minimum Gasteiger partial charge on any atom is -0.314 e. The van der Waals surface area contributed by atoms with Crippen LogP contribution in [0, 0.1) is 12.3 Å². The van der Waals surface area contributed by atoms with Crippen molar-refractivity contribution in [2.75, 3.05) is 19.6 Å². The Morgan fingerprint density at radius 2 is 2.00 bits per heavy atom. The van der Waals surface area contributed by atoms with E-state index in [-0.39, 0.29) is 0 Å². The van der Waals surface area contributed by atoms with Crippen molar-refractivity contribution in [2.45, 2.75) is 40.3 Å². The van der Waals surface area contributed by atoms with Gasteiger partial charge in [0.2, 0.25) is 0 Å². The van der Waals surface area contributed by atoms with Crippen LogP contribution in [0.4, 0.5) is 0 Å². The lowest BCUT2D eigenvalue weighted by molar-refractivity contribution is 0.0687. The molecule has 1 atom stereocenters. The predicted octanol–water partition coefficient (Wildman–Crippen LogP) is 2.81. The molecule has 2 heteroatoms. The predicted molar refractivity (Wildman–Crippen MR) is 77.7 cm³/mol. The molecule has 1 saturated heterocycles. The second-order valence-corrected chi connectivity index (χ2v) is 6.48. The Hall–Kier alpha value is -0.860. The van der Waals surface area contributed by atoms with Gasteiger partial charge in [-0.25, -0.2) is 0 Å². The lowest BCUT2D eigenvalue weighted by Crippen LogP contribution is -2.56. The van der Waals surface area contributed by atoms with Gasteiger partial charge in [-0.15, -0.1) is 0 Å². The smallest absolute Gasteiger partial charge is 0.0273 e. The van der Waals surface area contributed by atoms with Crippen molar-refractivity contribution in [1.82, 2.24) is 10.2 Å². The first-order valence-corrected chi connectivity index (χ1v) is 6.98. The van der Waals surface area contributed by atoms with E-state index in [0.717, 1.165) is 26.2 Å². The molecule has 1 unspecified atom stereocenters. The standard InChI is InChI=1S/C16H26N2/c1-13-7-5-6-8-14(13)12-18-10-9-17-11-15(18)16(2,3)4/h5-8,15,17H,9-12H2,1-4H3. The lowest BCUT2D eigenvalue weighted by Gasteiger charge is -2.44. The molecule has 1 aliphatic rings. The van der Waals surface area contributed by atoms with E-state index in [9.17, 15) is 0 Å². The van der Waals surface area contributed by atoms with Gasteiger partial charge >= 0.3 is 0 Å². The Morgan fingerprint density at radius 1 is 1.28 bits per heavy atom. The molecule has 0 spiro atoms. The first-order valence-electron chi connectivity index (χ1n) is 6.98. The average Bonchev–Trinajstić information content (AvgIpc) is 2.31. The van der Waals surface area contributed by atoms with E-state index in [2.05, 4.69) is 62.2 Å². The van der Waals surface area contributed by atoms with Crippen LogP contribution in [0.3, 0.4) is 0 Å². The van der Waals surface area contributed by atoms with E-state index in [1.165, 1.54) is 11.1 Å². The van der Waals surface area contributed by atoms with Crippen LogP contribution < -0.4 is 5.32 Å². The van der Waals surface area contributed by atoms with E-state index in [1.807, 2.05) is 0 Å². The summed E-state index contributed by atoms with van der Waals surface area (Å²) < 4.78 is 0. The highest BCUT2D eigenvalue weighted by Crippen LogP contribution is 2.27. The number of hydrogen-bond acceptors (Lipinski definition) is 2. The fourth-order valence-electron chi connectivity index (χ4n) is 2.80. The van der Waals surface area contributed by atoms with Crippen molar-refractivity contribution in [2.24, 2.45) is 5.41 Å². The molecule has 2 rings (SSSR count). The summed E-state index contributed by atoms with van der Waals surface area (Å²) >= 11 is 0. The Kier molecular flexibility index (Phi) is 4.08. The zero-order valence-corrected chi connectivity index (χ0v) is 12.2. The molecule has 1 fully saturated rings. The maximum absolute atomic E-state index is 3.53. The lowest BCUT2D eigenvalue weighted by atomic mass is 9.84. The van der Waals surface area contributed by atoms with Crippen molar-refractivity contribution < 1.29 is 0 Å². The van der Waals surface area contributed by atoms with Crippen molar-refractivity contribution >= 4 is 0 Å². The molecule has 0 saturated carbocycles. The zero-order chi connectivity index (χ0) is 13.2. The molecule has 1 N–H and O–H groups in total. The fourth-order valence-corrected chi connectivity index (χ4v) is 2.80. The van der Waals surface area contributed by atoms with Gasteiger partial charge in [0.15, 0.2) is 0 Å². The van der Waals surface area contributed by atoms with Crippen molar-refractivity contribution in [3.63, 3.8) is 0 Å². The molecule has 2 nitrogen and oxygen atoms in total. The highest BCUT2D eigenvalue weighted by Gasteiger charge is 2.32. The molecule has 0 amide bonds. The zero-order valence-electron chi connectivity index (χ0n) is 12.2. The number of aryl methyl sites for hydroxylation is 1. The van der Waals surface area contributed by atoms with E-state index in [0.29, 0.717) is 11.5 Å². The Bertz CT molecular complexity index is 392. The second kappa shape index (κ2) is 5.41. The Morgan fingerprint density at radius 3 is 2.67 bits per heavy atom. The van der Waals surface area contributed by atoms with Gasteiger partial charge in [0.25, 0.3) is 0 Å². The van der Waals surface area contributed by atoms with Crippen LogP contribution in [-0.2, 0) is 6.54 Å². The topological polar surface area (TPSA) is 15.3 Å². The van der Waals surface area contributed by atoms with Crippen LogP contribution >= 0.6 is 0 Å². The van der Waals surface area contributed by atoms with Crippen LogP contribution in [0.5, 0.6) is 0 Å². The number of nitrogens with zero attached hydrogens (tertiary/aromatic N) is 1. The van der Waals surface area contributed by atoms with Crippen LogP contribution in [-0.4, -0.2) is 30.6 Å². The van der Waals surface area contributed by atoms with E-state index in [1.54, 1.807) is 0 Å². The van der Waals surface area contributed by atoms with Crippen LogP contribution in [0.15, 0.2) is 24.3 Å². The Balaban J connectivity index is 2.13. The molecule has 18 heavy (non-hydrogen) atoms. The van der Waals surface area contributed by atoms with Gasteiger partial charge in [0.1, 0.15) is 0 Å². The van der Waals surface area contributed by atoms with Gasteiger partial charge in [-0.05, 0) is 23.5 Å². The monoisotopic (exact) mass is 246 g/mol. The first-order chi connectivity index (χ1) is 8.48. The van der Waals surface area contributed by atoms with Gasteiger partial charge in [0.05, 0.1) is 0 Å². The van der Waals surface area contributed by atoms with Crippen LogP contribution in [0.1, 0.15) is 31.9 Å². The van der Waals surface area contributed by atoms with Crippen LogP contribution in [0.25, 0.3) is 0 Å². The molecule has 1 aromatic carbocycles. The number of hydrogen-bond donors (Lipinski definition) is 1. The summed E-state index contributed by atoms with van der Waals surface area (Å²) in [6.07, 6.45) is 0. The minimum absolute atomic E-state index is 0.329. The number of nitrogens with one attached hydrogen (secondary N) is 1. The third-order valence-corrected chi connectivity index (χ3v) is 3.99. The highest BCUT2D eigenvalue weighted by molar-refractivity contribution is 5.25. The molecular weight excluding hydrogens is 220 g/mol. The molecule has 0 aromatic heterocycles. The van der Waals surface area contributed by atoms with Crippen molar-refractivity contribution in [3.05, 3.63) is 35.4 Å². The van der Waals surface area contributed by atoms with Gasteiger partial charge in [-0.3, -0.25) is 4.90 Å². The average molecular weight is 246 g/mol. The molecule has 100 valence electrons. The summed E-state index contributed by atoms with van der Waals surface area (Å²) in [6.45, 7) is 13.7. The summed E-state index contributed by atoms with van der Waals surface area (Å²) in [4.78, 5) is 2.64. The maximum atomic E-state index is 3.53. The van der Waals surface area contributed by atoms with Crippen molar-refractivity contribution in [1.29, 1.82) is 0 Å². The van der Waals surface area contributed by atoms with E-state index in [4.69, 9.17) is 0 Å². The molecule has 1 heterocycles. The minimum atomic E-state index is 0.329. The van der Waals surface area contributed by atoms with Gasteiger partial charge in [0, 0.05) is 32.2 Å². The molecule has 0 aliphatic carbocycles. The molecule has 0 radical (unpaired) electrons. The quantitative estimate of drug-likeness (QED) is 0.863.